The summed E-state index contributed by atoms with van der Waals surface area (Å²) in [6.07, 6.45) is 2.38. The summed E-state index contributed by atoms with van der Waals surface area (Å²) in [5, 5.41) is 3.01. The highest BCUT2D eigenvalue weighted by Crippen LogP contribution is 2.26. The van der Waals surface area contributed by atoms with Crippen molar-refractivity contribution < 1.29 is 9.21 Å². The van der Waals surface area contributed by atoms with Crippen molar-refractivity contribution in [3.63, 3.8) is 0 Å². The zero-order chi connectivity index (χ0) is 17.8. The summed E-state index contributed by atoms with van der Waals surface area (Å²) >= 11 is 0. The number of rotatable bonds is 6. The second-order valence-electron chi connectivity index (χ2n) is 6.84. The van der Waals surface area contributed by atoms with Gasteiger partial charge in [-0.1, -0.05) is 29.8 Å². The van der Waals surface area contributed by atoms with Gasteiger partial charge < -0.3 is 15.5 Å². The van der Waals surface area contributed by atoms with Crippen LogP contribution in [0, 0.1) is 13.8 Å². The van der Waals surface area contributed by atoms with Crippen molar-refractivity contribution >= 4 is 30.7 Å². The van der Waals surface area contributed by atoms with Crippen LogP contribution in [0.1, 0.15) is 47.6 Å². The molecule has 7 heteroatoms. The van der Waals surface area contributed by atoms with Crippen molar-refractivity contribution in [3.05, 3.63) is 59.0 Å². The maximum Gasteiger partial charge on any atom is 0.241 e. The Hall–Kier alpha value is -1.53. The zero-order valence-corrected chi connectivity index (χ0v) is 17.4. The average Bonchev–Trinajstić information content (AvgIpc) is 3.27. The fourth-order valence-corrected chi connectivity index (χ4v) is 3.33. The number of amides is 1. The highest BCUT2D eigenvalue weighted by molar-refractivity contribution is 5.85. The summed E-state index contributed by atoms with van der Waals surface area (Å²) in [5.41, 5.74) is 8.10. The molecule has 2 heterocycles. The number of furan rings is 1. The average molecular weight is 414 g/mol. The Morgan fingerprint density at radius 1 is 1.11 bits per heavy atom. The van der Waals surface area contributed by atoms with Crippen LogP contribution >= 0.6 is 24.8 Å². The molecule has 0 spiro atoms. The first-order valence-corrected chi connectivity index (χ1v) is 8.95. The SMILES string of the molecule is Cc1ccc(C(N)C(=O)NCC(c2ccc(C)o2)N2CCCC2)cc1.Cl.Cl. The number of benzene rings is 1. The van der Waals surface area contributed by atoms with E-state index in [0.29, 0.717) is 6.54 Å². The molecule has 1 aliphatic rings. The number of likely N-dealkylation sites (tertiary alicyclic amines) is 1. The van der Waals surface area contributed by atoms with Gasteiger partial charge in [0, 0.05) is 6.54 Å². The quantitative estimate of drug-likeness (QED) is 0.756. The van der Waals surface area contributed by atoms with Gasteiger partial charge in [-0.2, -0.15) is 0 Å². The van der Waals surface area contributed by atoms with E-state index in [0.717, 1.165) is 35.7 Å². The molecule has 1 aliphatic heterocycles. The van der Waals surface area contributed by atoms with Crippen LogP contribution in [0.3, 0.4) is 0 Å². The van der Waals surface area contributed by atoms with Gasteiger partial charge >= 0.3 is 0 Å². The lowest BCUT2D eigenvalue weighted by Gasteiger charge is -2.26. The van der Waals surface area contributed by atoms with Gasteiger partial charge in [0.15, 0.2) is 0 Å². The van der Waals surface area contributed by atoms with Crippen LogP contribution in [0.25, 0.3) is 0 Å². The van der Waals surface area contributed by atoms with Crippen molar-refractivity contribution in [2.24, 2.45) is 5.73 Å². The molecule has 2 atom stereocenters. The standard InChI is InChI=1S/C20H27N3O2.2ClH/c1-14-5-8-16(9-6-14)19(21)20(24)22-13-17(23-11-3-4-12-23)18-10-7-15(2)25-18;;/h5-10,17,19H,3-4,11-13,21H2,1-2H3,(H,22,24);2*1H. The summed E-state index contributed by atoms with van der Waals surface area (Å²) in [6.45, 7) is 6.53. The number of nitrogens with zero attached hydrogens (tertiary/aromatic N) is 1. The molecule has 3 rings (SSSR count). The second kappa shape index (κ2) is 10.7. The minimum absolute atomic E-state index is 0. The number of hydrogen-bond donors (Lipinski definition) is 2. The highest BCUT2D eigenvalue weighted by Gasteiger charge is 2.27. The van der Waals surface area contributed by atoms with Crippen molar-refractivity contribution in [2.45, 2.75) is 38.8 Å². The van der Waals surface area contributed by atoms with Crippen LogP contribution in [0.5, 0.6) is 0 Å². The Labute approximate surface area is 173 Å². The monoisotopic (exact) mass is 413 g/mol. The minimum atomic E-state index is -0.654. The largest absolute Gasteiger partial charge is 0.465 e. The van der Waals surface area contributed by atoms with E-state index in [1.807, 2.05) is 50.2 Å². The maximum atomic E-state index is 12.5. The predicted octanol–water partition coefficient (Wildman–Crippen LogP) is 3.69. The van der Waals surface area contributed by atoms with Gasteiger partial charge in [-0.3, -0.25) is 9.69 Å². The number of carbonyl (C=O) groups excluding carboxylic acids is 1. The van der Waals surface area contributed by atoms with E-state index in [-0.39, 0.29) is 36.8 Å². The number of nitrogens with one attached hydrogen (secondary N) is 1. The van der Waals surface area contributed by atoms with Crippen LogP contribution in [0.4, 0.5) is 0 Å². The molecular formula is C20H29Cl2N3O2. The molecule has 1 fully saturated rings. The Bertz CT molecular complexity index is 712. The summed E-state index contributed by atoms with van der Waals surface area (Å²) < 4.78 is 5.82. The van der Waals surface area contributed by atoms with Gasteiger partial charge in [0.05, 0.1) is 6.04 Å². The number of aryl methyl sites for hydroxylation is 2. The van der Waals surface area contributed by atoms with E-state index in [1.54, 1.807) is 0 Å². The van der Waals surface area contributed by atoms with Gasteiger partial charge in [-0.25, -0.2) is 0 Å². The fraction of sp³-hybridized carbons (Fsp3) is 0.450. The highest BCUT2D eigenvalue weighted by atomic mass is 35.5. The van der Waals surface area contributed by atoms with Gasteiger partial charge in [0.2, 0.25) is 5.91 Å². The lowest BCUT2D eigenvalue weighted by atomic mass is 10.1. The predicted molar refractivity (Wildman–Crippen MR) is 113 cm³/mol. The molecular weight excluding hydrogens is 385 g/mol. The lowest BCUT2D eigenvalue weighted by molar-refractivity contribution is -0.122. The van der Waals surface area contributed by atoms with Crippen molar-refractivity contribution in [2.75, 3.05) is 19.6 Å². The first-order valence-electron chi connectivity index (χ1n) is 8.95. The molecule has 1 aromatic carbocycles. The smallest absolute Gasteiger partial charge is 0.241 e. The first kappa shape index (κ1) is 23.5. The van der Waals surface area contributed by atoms with Crippen LogP contribution < -0.4 is 11.1 Å². The molecule has 2 unspecified atom stereocenters. The van der Waals surface area contributed by atoms with E-state index < -0.39 is 6.04 Å². The molecule has 0 saturated carbocycles. The first-order chi connectivity index (χ1) is 12.0. The van der Waals surface area contributed by atoms with Gasteiger partial charge in [-0.15, -0.1) is 24.8 Å². The van der Waals surface area contributed by atoms with E-state index in [9.17, 15) is 4.79 Å². The van der Waals surface area contributed by atoms with E-state index in [1.165, 1.54) is 12.8 Å². The molecule has 5 nitrogen and oxygen atoms in total. The van der Waals surface area contributed by atoms with E-state index in [4.69, 9.17) is 10.2 Å². The number of halogens is 2. The van der Waals surface area contributed by atoms with Crippen LogP contribution in [0.15, 0.2) is 40.8 Å². The molecule has 3 N–H and O–H groups in total. The number of hydrogen-bond acceptors (Lipinski definition) is 4. The molecule has 0 aliphatic carbocycles. The van der Waals surface area contributed by atoms with Crippen LogP contribution in [-0.2, 0) is 4.79 Å². The zero-order valence-electron chi connectivity index (χ0n) is 15.8. The fourth-order valence-electron chi connectivity index (χ4n) is 3.33. The van der Waals surface area contributed by atoms with E-state index >= 15 is 0 Å². The topological polar surface area (TPSA) is 71.5 Å². The lowest BCUT2D eigenvalue weighted by Crippen LogP contribution is -2.40. The minimum Gasteiger partial charge on any atom is -0.465 e. The number of carbonyl (C=O) groups is 1. The summed E-state index contributed by atoms with van der Waals surface area (Å²) in [5.74, 6) is 1.64. The van der Waals surface area contributed by atoms with Gasteiger partial charge in [0.1, 0.15) is 17.6 Å². The maximum absolute atomic E-state index is 12.5. The van der Waals surface area contributed by atoms with Crippen LogP contribution in [-0.4, -0.2) is 30.4 Å². The van der Waals surface area contributed by atoms with Gasteiger partial charge in [0.25, 0.3) is 0 Å². The molecule has 1 amide bonds. The summed E-state index contributed by atoms with van der Waals surface area (Å²) in [7, 11) is 0. The Morgan fingerprint density at radius 3 is 2.30 bits per heavy atom. The van der Waals surface area contributed by atoms with Gasteiger partial charge in [-0.05, 0) is 57.5 Å². The van der Waals surface area contributed by atoms with Crippen molar-refractivity contribution in [1.29, 1.82) is 0 Å². The molecule has 27 heavy (non-hydrogen) atoms. The Kier molecular flexibility index (Phi) is 9.33. The Morgan fingerprint density at radius 2 is 1.74 bits per heavy atom. The molecule has 1 aromatic heterocycles. The third-order valence-corrected chi connectivity index (χ3v) is 4.86. The molecule has 0 radical (unpaired) electrons. The van der Waals surface area contributed by atoms with Crippen molar-refractivity contribution in [3.8, 4) is 0 Å². The third kappa shape index (κ3) is 5.98. The second-order valence-corrected chi connectivity index (χ2v) is 6.84. The Balaban J connectivity index is 0.00000182. The van der Waals surface area contributed by atoms with E-state index in [2.05, 4.69) is 10.2 Å². The number of nitrogens with two attached hydrogens (primary N) is 1. The summed E-state index contributed by atoms with van der Waals surface area (Å²) in [6, 6.07) is 11.1. The normalized spacial score (nSPS) is 16.1. The molecule has 2 aromatic rings. The molecule has 150 valence electrons. The van der Waals surface area contributed by atoms with Crippen molar-refractivity contribution in [1.82, 2.24) is 10.2 Å². The summed E-state index contributed by atoms with van der Waals surface area (Å²) in [4.78, 5) is 14.9. The third-order valence-electron chi connectivity index (χ3n) is 4.86. The van der Waals surface area contributed by atoms with Crippen LogP contribution in [0.2, 0.25) is 0 Å². The molecule has 0 bridgehead atoms. The molecule has 1 saturated heterocycles.